The lowest BCUT2D eigenvalue weighted by Gasteiger charge is -2.17. The Hall–Kier alpha value is -1.76. The predicted octanol–water partition coefficient (Wildman–Crippen LogP) is 0.992. The largest absolute Gasteiger partial charge is 0.490 e. The minimum atomic E-state index is -0.187. The van der Waals surface area contributed by atoms with E-state index in [1.165, 1.54) is 0 Å². The van der Waals surface area contributed by atoms with Crippen LogP contribution in [0.5, 0.6) is 5.75 Å². The minimum absolute atomic E-state index is 0.101. The Morgan fingerprint density at radius 2 is 2.33 bits per heavy atom. The van der Waals surface area contributed by atoms with E-state index in [9.17, 15) is 4.79 Å². The number of rotatable bonds is 5. The maximum Gasteiger partial charge on any atom is 0.254 e. The Morgan fingerprint density at radius 1 is 1.52 bits per heavy atom. The molecule has 1 aromatic rings. The lowest BCUT2D eigenvalue weighted by molar-refractivity contribution is -0.113. The molecule has 0 aliphatic carbocycles. The van der Waals surface area contributed by atoms with Gasteiger partial charge < -0.3 is 20.5 Å². The molecule has 6 nitrogen and oxygen atoms in total. The number of aliphatic hydroxyl groups is 1. The molecule has 0 saturated carbocycles. The number of nitrogens with one attached hydrogen (secondary N) is 3. The first kappa shape index (κ1) is 15.6. The predicted molar refractivity (Wildman–Crippen MR) is 81.5 cm³/mol. The van der Waals surface area contributed by atoms with Crippen molar-refractivity contribution >= 4 is 23.2 Å². The normalized spacial score (nSPS) is 14.1. The number of hydrogen-bond acceptors (Lipinski definition) is 5. The monoisotopic (exact) mass is 311 g/mol. The summed E-state index contributed by atoms with van der Waals surface area (Å²) in [5.74, 6) is 0.244. The zero-order chi connectivity index (χ0) is 15.2. The number of anilines is 1. The third-order valence-corrected chi connectivity index (χ3v) is 3.28. The van der Waals surface area contributed by atoms with Gasteiger partial charge in [-0.3, -0.25) is 10.1 Å². The van der Waals surface area contributed by atoms with E-state index >= 15 is 0 Å². The van der Waals surface area contributed by atoms with Crippen LogP contribution in [0.4, 0.5) is 5.69 Å². The molecule has 1 aromatic carbocycles. The van der Waals surface area contributed by atoms with Crippen molar-refractivity contribution in [2.24, 2.45) is 0 Å². The molecule has 0 fully saturated rings. The number of hydrogen-bond donors (Lipinski definition) is 4. The summed E-state index contributed by atoms with van der Waals surface area (Å²) < 4.78 is 5.34. The van der Waals surface area contributed by atoms with Gasteiger partial charge in [0.25, 0.3) is 5.91 Å². The molecule has 0 atom stereocenters. The van der Waals surface area contributed by atoms with Gasteiger partial charge in [-0.2, -0.15) is 0 Å². The van der Waals surface area contributed by atoms with E-state index in [4.69, 9.17) is 21.4 Å². The smallest absolute Gasteiger partial charge is 0.254 e. The van der Waals surface area contributed by atoms with Gasteiger partial charge in [-0.05, 0) is 18.6 Å². The highest BCUT2D eigenvalue weighted by atomic mass is 35.5. The number of aliphatic hydroxyl groups excluding tert-OH is 1. The molecule has 1 aliphatic heterocycles. The van der Waals surface area contributed by atoms with Crippen LogP contribution >= 0.6 is 11.6 Å². The van der Waals surface area contributed by atoms with Crippen LogP contribution in [-0.4, -0.2) is 37.4 Å². The van der Waals surface area contributed by atoms with Gasteiger partial charge in [-0.15, -0.1) is 0 Å². The van der Waals surface area contributed by atoms with Crippen molar-refractivity contribution in [3.8, 4) is 5.75 Å². The fourth-order valence-electron chi connectivity index (χ4n) is 1.90. The highest BCUT2D eigenvalue weighted by Crippen LogP contribution is 2.31. The number of aryl methyl sites for hydroxylation is 1. The summed E-state index contributed by atoms with van der Waals surface area (Å²) in [6.45, 7) is 3.06. The SMILES string of the molecule is Cc1cc(Cl)c(OCCO)cc1NC(=O)C1=CNCNC1. The molecule has 1 amide bonds. The standard InChI is InChI=1S/C14H18ClN3O3/c1-9-4-11(15)13(21-3-2-19)5-12(9)18-14(20)10-6-16-8-17-7-10/h4-6,16-17,19H,2-3,7-8H2,1H3,(H,18,20). The molecular weight excluding hydrogens is 294 g/mol. The van der Waals surface area contributed by atoms with Crippen LogP contribution in [0, 0.1) is 6.92 Å². The first-order chi connectivity index (χ1) is 10.1. The summed E-state index contributed by atoms with van der Waals surface area (Å²) in [6.07, 6.45) is 1.69. The topological polar surface area (TPSA) is 82.6 Å². The average Bonchev–Trinajstić information content (AvgIpc) is 2.49. The van der Waals surface area contributed by atoms with Gasteiger partial charge in [-0.1, -0.05) is 11.6 Å². The zero-order valence-electron chi connectivity index (χ0n) is 11.7. The van der Waals surface area contributed by atoms with E-state index in [-0.39, 0.29) is 19.1 Å². The highest BCUT2D eigenvalue weighted by Gasteiger charge is 2.14. The van der Waals surface area contributed by atoms with Crippen LogP contribution in [-0.2, 0) is 4.79 Å². The molecule has 1 aliphatic rings. The number of amides is 1. The van der Waals surface area contributed by atoms with E-state index in [0.717, 1.165) is 5.56 Å². The average molecular weight is 312 g/mol. The summed E-state index contributed by atoms with van der Waals surface area (Å²) in [5, 5.41) is 18.1. The van der Waals surface area contributed by atoms with E-state index in [0.29, 0.717) is 35.2 Å². The third-order valence-electron chi connectivity index (χ3n) is 2.99. The molecule has 0 spiro atoms. The highest BCUT2D eigenvalue weighted by molar-refractivity contribution is 6.32. The second kappa shape index (κ2) is 7.31. The first-order valence-corrected chi connectivity index (χ1v) is 6.98. The van der Waals surface area contributed by atoms with Gasteiger partial charge in [0, 0.05) is 30.1 Å². The van der Waals surface area contributed by atoms with Crippen molar-refractivity contribution < 1.29 is 14.6 Å². The molecular formula is C14H18ClN3O3. The number of benzene rings is 1. The number of halogens is 1. The third kappa shape index (κ3) is 4.10. The zero-order valence-corrected chi connectivity index (χ0v) is 12.5. The Balaban J connectivity index is 2.14. The fraction of sp³-hybridized carbons (Fsp3) is 0.357. The number of carbonyl (C=O) groups is 1. The molecule has 0 aromatic heterocycles. The van der Waals surface area contributed by atoms with Crippen LogP contribution in [0.25, 0.3) is 0 Å². The summed E-state index contributed by atoms with van der Waals surface area (Å²) >= 11 is 6.07. The summed E-state index contributed by atoms with van der Waals surface area (Å²) in [6, 6.07) is 3.38. The van der Waals surface area contributed by atoms with Crippen molar-refractivity contribution in [1.29, 1.82) is 0 Å². The summed E-state index contributed by atoms with van der Waals surface area (Å²) in [5.41, 5.74) is 2.08. The molecule has 0 radical (unpaired) electrons. The van der Waals surface area contributed by atoms with Gasteiger partial charge in [0.05, 0.1) is 18.3 Å². The Labute approximate surface area is 128 Å². The molecule has 21 heavy (non-hydrogen) atoms. The van der Waals surface area contributed by atoms with Crippen LogP contribution in [0.2, 0.25) is 5.02 Å². The molecule has 0 bridgehead atoms. The van der Waals surface area contributed by atoms with Crippen molar-refractivity contribution in [3.63, 3.8) is 0 Å². The van der Waals surface area contributed by atoms with Gasteiger partial charge in [0.2, 0.25) is 0 Å². The van der Waals surface area contributed by atoms with Crippen LogP contribution in [0.3, 0.4) is 0 Å². The van der Waals surface area contributed by atoms with Gasteiger partial charge >= 0.3 is 0 Å². The Kier molecular flexibility index (Phi) is 5.44. The Bertz CT molecular complexity index is 561. The molecule has 4 N–H and O–H groups in total. The first-order valence-electron chi connectivity index (χ1n) is 6.60. The summed E-state index contributed by atoms with van der Waals surface area (Å²) in [7, 11) is 0. The van der Waals surface area contributed by atoms with Gasteiger partial charge in [0.1, 0.15) is 12.4 Å². The van der Waals surface area contributed by atoms with E-state index in [1.54, 1.807) is 18.3 Å². The molecule has 0 unspecified atom stereocenters. The van der Waals surface area contributed by atoms with Crippen molar-refractivity contribution in [1.82, 2.24) is 10.6 Å². The second-order valence-corrected chi connectivity index (χ2v) is 5.01. The van der Waals surface area contributed by atoms with Crippen molar-refractivity contribution in [2.45, 2.75) is 6.92 Å². The van der Waals surface area contributed by atoms with E-state index < -0.39 is 0 Å². The van der Waals surface area contributed by atoms with Crippen molar-refractivity contribution in [2.75, 3.05) is 31.7 Å². The van der Waals surface area contributed by atoms with Crippen molar-refractivity contribution in [3.05, 3.63) is 34.5 Å². The fourth-order valence-corrected chi connectivity index (χ4v) is 2.17. The van der Waals surface area contributed by atoms with Gasteiger partial charge in [-0.25, -0.2) is 0 Å². The number of carbonyl (C=O) groups excluding carboxylic acids is 1. The number of ether oxygens (including phenoxy) is 1. The molecule has 0 saturated heterocycles. The maximum absolute atomic E-state index is 12.2. The molecule has 7 heteroatoms. The lowest BCUT2D eigenvalue weighted by atomic mass is 10.1. The van der Waals surface area contributed by atoms with E-state index in [1.807, 2.05) is 6.92 Å². The van der Waals surface area contributed by atoms with Crippen LogP contribution in [0.1, 0.15) is 5.56 Å². The molecule has 1 heterocycles. The maximum atomic E-state index is 12.2. The quantitative estimate of drug-likeness (QED) is 0.652. The lowest BCUT2D eigenvalue weighted by Crippen LogP contribution is -2.36. The molecule has 2 rings (SSSR count). The molecule has 114 valence electrons. The van der Waals surface area contributed by atoms with Gasteiger partial charge in [0.15, 0.2) is 0 Å². The van der Waals surface area contributed by atoms with Crippen LogP contribution < -0.4 is 20.7 Å². The van der Waals surface area contributed by atoms with Crippen LogP contribution in [0.15, 0.2) is 23.9 Å². The second-order valence-electron chi connectivity index (χ2n) is 4.60. The van der Waals surface area contributed by atoms with E-state index in [2.05, 4.69) is 16.0 Å². The Morgan fingerprint density at radius 3 is 3.00 bits per heavy atom. The minimum Gasteiger partial charge on any atom is -0.490 e. The summed E-state index contributed by atoms with van der Waals surface area (Å²) in [4.78, 5) is 12.2.